The first-order chi connectivity index (χ1) is 10.6. The number of fused-ring (bicyclic) bond motifs is 1. The molecule has 0 radical (unpaired) electrons. The van der Waals surface area contributed by atoms with Crippen molar-refractivity contribution in [2.24, 2.45) is 0 Å². The number of benzene rings is 2. The van der Waals surface area contributed by atoms with Crippen LogP contribution in [-0.4, -0.2) is 56.9 Å². The Labute approximate surface area is 132 Å². The molecule has 1 aliphatic heterocycles. The van der Waals surface area contributed by atoms with E-state index in [4.69, 9.17) is 4.74 Å². The van der Waals surface area contributed by atoms with Crippen molar-refractivity contribution < 1.29 is 25.2 Å². The summed E-state index contributed by atoms with van der Waals surface area (Å²) in [6, 6.07) is 13.8. The molecule has 118 valence electrons. The first-order valence-corrected chi connectivity index (χ1v) is 7.94. The molecular formula is C16H18O5S. The van der Waals surface area contributed by atoms with Gasteiger partial charge < -0.3 is 25.2 Å². The van der Waals surface area contributed by atoms with Crippen LogP contribution in [0.25, 0.3) is 10.8 Å². The van der Waals surface area contributed by atoms with E-state index in [2.05, 4.69) is 0 Å². The molecule has 1 aliphatic rings. The molecule has 6 heteroatoms. The Hall–Kier alpha value is -1.15. The van der Waals surface area contributed by atoms with E-state index in [0.717, 1.165) is 15.7 Å². The monoisotopic (exact) mass is 322 g/mol. The molecule has 0 saturated carbocycles. The predicted molar refractivity (Wildman–Crippen MR) is 83.6 cm³/mol. The number of aliphatic hydroxyl groups is 4. The number of thioether (sulfide) groups is 1. The minimum absolute atomic E-state index is 0.417. The van der Waals surface area contributed by atoms with Crippen molar-refractivity contribution >= 4 is 22.5 Å². The Morgan fingerprint density at radius 1 is 0.909 bits per heavy atom. The van der Waals surface area contributed by atoms with Crippen molar-refractivity contribution in [2.75, 3.05) is 6.61 Å². The van der Waals surface area contributed by atoms with E-state index >= 15 is 0 Å². The lowest BCUT2D eigenvalue weighted by Crippen LogP contribution is -2.57. The highest BCUT2D eigenvalue weighted by Gasteiger charge is 2.43. The minimum atomic E-state index is -1.34. The van der Waals surface area contributed by atoms with Gasteiger partial charge in [0.2, 0.25) is 0 Å². The van der Waals surface area contributed by atoms with Crippen molar-refractivity contribution in [1.82, 2.24) is 0 Å². The molecule has 0 amide bonds. The molecule has 2 aromatic carbocycles. The van der Waals surface area contributed by atoms with E-state index in [9.17, 15) is 20.4 Å². The Morgan fingerprint density at radius 3 is 2.36 bits per heavy atom. The molecule has 2 aromatic rings. The topological polar surface area (TPSA) is 90.2 Å². The second-order valence-electron chi connectivity index (χ2n) is 5.32. The summed E-state index contributed by atoms with van der Waals surface area (Å²) in [7, 11) is 0. The van der Waals surface area contributed by atoms with Gasteiger partial charge in [-0.3, -0.25) is 0 Å². The van der Waals surface area contributed by atoms with Crippen molar-refractivity contribution in [2.45, 2.75) is 34.7 Å². The van der Waals surface area contributed by atoms with Crippen molar-refractivity contribution in [3.05, 3.63) is 42.5 Å². The highest BCUT2D eigenvalue weighted by molar-refractivity contribution is 7.99. The lowest BCUT2D eigenvalue weighted by molar-refractivity contribution is -0.205. The van der Waals surface area contributed by atoms with Gasteiger partial charge in [0, 0.05) is 4.90 Å². The molecule has 1 heterocycles. The highest BCUT2D eigenvalue weighted by Crippen LogP contribution is 2.34. The smallest absolute Gasteiger partial charge is 0.136 e. The summed E-state index contributed by atoms with van der Waals surface area (Å²) in [6.07, 6.45) is -4.78. The molecule has 1 saturated heterocycles. The molecular weight excluding hydrogens is 304 g/mol. The van der Waals surface area contributed by atoms with Crippen LogP contribution in [0, 0.1) is 0 Å². The van der Waals surface area contributed by atoms with Crippen LogP contribution >= 0.6 is 11.8 Å². The number of ether oxygens (including phenoxy) is 1. The van der Waals surface area contributed by atoms with Crippen LogP contribution < -0.4 is 0 Å². The molecule has 0 aromatic heterocycles. The van der Waals surface area contributed by atoms with Crippen LogP contribution in [0.4, 0.5) is 0 Å². The first-order valence-electron chi connectivity index (χ1n) is 7.06. The molecule has 5 atom stereocenters. The largest absolute Gasteiger partial charge is 0.394 e. The second-order valence-corrected chi connectivity index (χ2v) is 6.50. The fraction of sp³-hybridized carbons (Fsp3) is 0.375. The predicted octanol–water partition coefficient (Wildman–Crippen LogP) is 0.732. The molecule has 0 unspecified atom stereocenters. The number of hydrogen-bond acceptors (Lipinski definition) is 6. The third kappa shape index (κ3) is 2.99. The lowest BCUT2D eigenvalue weighted by Gasteiger charge is -2.39. The summed E-state index contributed by atoms with van der Waals surface area (Å²) in [4.78, 5) is 0.878. The zero-order valence-electron chi connectivity index (χ0n) is 11.7. The lowest BCUT2D eigenvalue weighted by atomic mass is 10.0. The van der Waals surface area contributed by atoms with Gasteiger partial charge in [0.1, 0.15) is 29.9 Å². The number of aliphatic hydroxyl groups excluding tert-OH is 4. The van der Waals surface area contributed by atoms with Crippen LogP contribution in [0.1, 0.15) is 0 Å². The van der Waals surface area contributed by atoms with Crippen molar-refractivity contribution in [3.63, 3.8) is 0 Å². The van der Waals surface area contributed by atoms with Crippen molar-refractivity contribution in [1.29, 1.82) is 0 Å². The van der Waals surface area contributed by atoms with Crippen LogP contribution in [-0.2, 0) is 4.74 Å². The van der Waals surface area contributed by atoms with Crippen LogP contribution in [0.2, 0.25) is 0 Å². The zero-order valence-corrected chi connectivity index (χ0v) is 12.6. The molecule has 0 aliphatic carbocycles. The Morgan fingerprint density at radius 2 is 1.64 bits per heavy atom. The summed E-state index contributed by atoms with van der Waals surface area (Å²) >= 11 is 1.26. The maximum absolute atomic E-state index is 10.1. The van der Waals surface area contributed by atoms with Crippen LogP contribution in [0.3, 0.4) is 0 Å². The molecule has 5 nitrogen and oxygen atoms in total. The van der Waals surface area contributed by atoms with Crippen LogP contribution in [0.15, 0.2) is 47.4 Å². The Bertz CT molecular complexity index is 647. The average molecular weight is 322 g/mol. The summed E-state index contributed by atoms with van der Waals surface area (Å²) in [5.74, 6) is 0. The Balaban J connectivity index is 1.80. The van der Waals surface area contributed by atoms with Gasteiger partial charge in [-0.2, -0.15) is 0 Å². The van der Waals surface area contributed by atoms with E-state index in [1.807, 2.05) is 42.5 Å². The fourth-order valence-electron chi connectivity index (χ4n) is 2.54. The SMILES string of the molecule is OC[C@H]1O[C@@H](Sc2ccc3ccccc3c2)[C@H](O)[C@@H](O)[C@H]1O. The van der Waals surface area contributed by atoms with Gasteiger partial charge in [-0.25, -0.2) is 0 Å². The third-order valence-corrected chi connectivity index (χ3v) is 4.97. The minimum Gasteiger partial charge on any atom is -0.394 e. The Kier molecular flexibility index (Phi) is 4.67. The zero-order chi connectivity index (χ0) is 15.7. The van der Waals surface area contributed by atoms with Gasteiger partial charge in [0.15, 0.2) is 0 Å². The maximum atomic E-state index is 10.1. The molecule has 4 N–H and O–H groups in total. The summed E-state index contributed by atoms with van der Waals surface area (Å²) in [5, 5.41) is 41.0. The quantitative estimate of drug-likeness (QED) is 0.666. The number of rotatable bonds is 3. The van der Waals surface area contributed by atoms with Gasteiger partial charge in [-0.05, 0) is 22.9 Å². The second kappa shape index (κ2) is 6.54. The van der Waals surface area contributed by atoms with Gasteiger partial charge in [-0.15, -0.1) is 0 Å². The van der Waals surface area contributed by atoms with E-state index in [0.29, 0.717) is 0 Å². The van der Waals surface area contributed by atoms with Gasteiger partial charge in [0.25, 0.3) is 0 Å². The standard InChI is InChI=1S/C16H18O5S/c17-8-12-13(18)14(19)15(20)16(21-12)22-11-6-5-9-3-1-2-4-10(9)7-11/h1-7,12-20H,8H2/t12-,13+,14+,15-,16+/m1/s1. The first kappa shape index (κ1) is 15.7. The molecule has 0 bridgehead atoms. The van der Waals surface area contributed by atoms with Gasteiger partial charge >= 0.3 is 0 Å². The van der Waals surface area contributed by atoms with E-state index in [1.165, 1.54) is 11.8 Å². The summed E-state index contributed by atoms with van der Waals surface area (Å²) in [6.45, 7) is -0.417. The average Bonchev–Trinajstić information content (AvgIpc) is 2.55. The number of hydrogen-bond donors (Lipinski definition) is 4. The molecule has 0 spiro atoms. The summed E-state index contributed by atoms with van der Waals surface area (Å²) in [5.41, 5.74) is -0.753. The van der Waals surface area contributed by atoms with Crippen LogP contribution in [0.5, 0.6) is 0 Å². The van der Waals surface area contributed by atoms with E-state index in [-0.39, 0.29) is 0 Å². The fourth-order valence-corrected chi connectivity index (χ4v) is 3.65. The van der Waals surface area contributed by atoms with Gasteiger partial charge in [-0.1, -0.05) is 42.1 Å². The van der Waals surface area contributed by atoms with E-state index in [1.54, 1.807) is 0 Å². The normalized spacial score (nSPS) is 32.3. The maximum Gasteiger partial charge on any atom is 0.136 e. The van der Waals surface area contributed by atoms with Crippen molar-refractivity contribution in [3.8, 4) is 0 Å². The molecule has 3 rings (SSSR count). The summed E-state index contributed by atoms with van der Waals surface area (Å²) < 4.78 is 5.50. The third-order valence-electron chi connectivity index (χ3n) is 3.82. The van der Waals surface area contributed by atoms with E-state index < -0.39 is 36.5 Å². The molecule has 1 fully saturated rings. The highest BCUT2D eigenvalue weighted by atomic mass is 32.2. The molecule has 22 heavy (non-hydrogen) atoms. The van der Waals surface area contributed by atoms with Gasteiger partial charge in [0.05, 0.1) is 6.61 Å².